The molecular weight excluding hydrogens is 108 g/mol. The van der Waals surface area contributed by atoms with Crippen molar-refractivity contribution in [1.29, 1.82) is 0 Å². The number of aromatic nitrogens is 2. The van der Waals surface area contributed by atoms with Crippen molar-refractivity contribution in [1.82, 2.24) is 10.1 Å². The van der Waals surface area contributed by atoms with Crippen LogP contribution in [-0.4, -0.2) is 10.1 Å². The summed E-state index contributed by atoms with van der Waals surface area (Å²) < 4.78 is 3.97. The summed E-state index contributed by atoms with van der Waals surface area (Å²) in [5, 5.41) is 3.08. The predicted octanol–water partition coefficient (Wildman–Crippen LogP) is 0.389. The molecule has 4 nitrogen and oxygen atoms in total. The smallest absolute Gasteiger partial charge is 0.296 e. The maximum atomic E-state index is 9.78. The van der Waals surface area contributed by atoms with Gasteiger partial charge in [-0.2, -0.15) is 0 Å². The van der Waals surface area contributed by atoms with Crippen molar-refractivity contribution in [3.05, 3.63) is 16.9 Å². The molecule has 0 spiro atoms. The van der Waals surface area contributed by atoms with Crippen LogP contribution in [0.3, 0.4) is 0 Å². The summed E-state index contributed by atoms with van der Waals surface area (Å²) in [5.74, 6) is -0.519. The van der Waals surface area contributed by atoms with Gasteiger partial charge in [-0.3, -0.25) is 9.51 Å². The summed E-state index contributed by atoms with van der Waals surface area (Å²) in [6.07, 6.45) is 1.18. The number of aromatic amines is 1. The van der Waals surface area contributed by atoms with Crippen molar-refractivity contribution >= 4 is 0 Å². The van der Waals surface area contributed by atoms with Crippen molar-refractivity contribution in [2.45, 2.75) is 13.8 Å². The number of H-pyrrole nitrogens is 1. The number of hydrogen-bond acceptors (Lipinski definition) is 3. The second kappa shape index (κ2) is 4.11. The van der Waals surface area contributed by atoms with Gasteiger partial charge in [-0.15, -0.1) is 0 Å². The number of nitrogens with one attached hydrogen (secondary N) is 1. The van der Waals surface area contributed by atoms with Crippen molar-refractivity contribution in [2.24, 2.45) is 0 Å². The van der Waals surface area contributed by atoms with Gasteiger partial charge in [-0.1, -0.05) is 19.0 Å². The van der Waals surface area contributed by atoms with Gasteiger partial charge in [0.2, 0.25) is 0 Å². The normalized spacial score (nSPS) is 7.25. The fourth-order valence-corrected chi connectivity index (χ4v) is 0.180. The van der Waals surface area contributed by atoms with E-state index in [0.29, 0.717) is 0 Å². The quantitative estimate of drug-likeness (QED) is 0.533. The first-order chi connectivity index (χ1) is 3.89. The van der Waals surface area contributed by atoms with E-state index in [1.165, 1.54) is 6.33 Å². The molecule has 1 N–H and O–H groups in total. The molecular formula is C4H8N2O2. The van der Waals surface area contributed by atoms with Gasteiger partial charge in [0.05, 0.1) is 0 Å². The lowest BCUT2D eigenvalue weighted by Gasteiger charge is -1.47. The Hall–Kier alpha value is -1.06. The average molecular weight is 116 g/mol. The molecule has 0 saturated heterocycles. The molecule has 0 amide bonds. The highest BCUT2D eigenvalue weighted by Crippen LogP contribution is 1.51. The van der Waals surface area contributed by atoms with E-state index in [2.05, 4.69) is 14.7 Å². The van der Waals surface area contributed by atoms with E-state index in [-0.39, 0.29) is 0 Å². The van der Waals surface area contributed by atoms with Gasteiger partial charge in [-0.25, -0.2) is 4.79 Å². The molecule has 1 aromatic heterocycles. The van der Waals surface area contributed by atoms with Crippen LogP contribution in [0.4, 0.5) is 0 Å². The van der Waals surface area contributed by atoms with Crippen LogP contribution in [0.25, 0.3) is 0 Å². The standard InChI is InChI=1S/C2H2N2O2.C2H6/c5-2-3-1-4-6-2;1-2/h1H,(H,3,4,5);1-2H3. The van der Waals surface area contributed by atoms with E-state index in [4.69, 9.17) is 0 Å². The Kier molecular flexibility index (Phi) is 3.56. The molecule has 0 aromatic carbocycles. The van der Waals surface area contributed by atoms with Crippen LogP contribution in [0.2, 0.25) is 0 Å². The lowest BCUT2D eigenvalue weighted by molar-refractivity contribution is 0.386. The van der Waals surface area contributed by atoms with Crippen LogP contribution in [0.5, 0.6) is 0 Å². The van der Waals surface area contributed by atoms with Crippen molar-refractivity contribution in [2.75, 3.05) is 0 Å². The Bertz CT molecular complexity index is 150. The summed E-state index contributed by atoms with van der Waals surface area (Å²) in [4.78, 5) is 12.0. The Labute approximate surface area is 46.5 Å². The first kappa shape index (κ1) is 6.94. The highest BCUT2D eigenvalue weighted by molar-refractivity contribution is 4.41. The first-order valence-corrected chi connectivity index (χ1v) is 2.39. The van der Waals surface area contributed by atoms with Crippen LogP contribution in [0, 0.1) is 0 Å². The molecule has 0 unspecified atom stereocenters. The maximum absolute atomic E-state index is 9.78. The fourth-order valence-electron chi connectivity index (χ4n) is 0.180. The molecule has 1 rings (SSSR count). The lowest BCUT2D eigenvalue weighted by Crippen LogP contribution is -1.92. The van der Waals surface area contributed by atoms with Crippen LogP contribution in [0.1, 0.15) is 13.8 Å². The zero-order chi connectivity index (χ0) is 6.41. The van der Waals surface area contributed by atoms with Gasteiger partial charge < -0.3 is 0 Å². The molecule has 0 aliphatic rings. The summed E-state index contributed by atoms with van der Waals surface area (Å²) in [6, 6.07) is 0. The Morgan fingerprint density at radius 3 is 2.50 bits per heavy atom. The van der Waals surface area contributed by atoms with Gasteiger partial charge in [0.1, 0.15) is 6.33 Å². The van der Waals surface area contributed by atoms with E-state index in [1.54, 1.807) is 0 Å². The second-order valence-electron chi connectivity index (χ2n) is 0.758. The van der Waals surface area contributed by atoms with Gasteiger partial charge in [0.25, 0.3) is 0 Å². The summed E-state index contributed by atoms with van der Waals surface area (Å²) in [5.41, 5.74) is 0. The lowest BCUT2D eigenvalue weighted by atomic mass is 11.0. The topological polar surface area (TPSA) is 58.9 Å². The molecule has 4 heteroatoms. The van der Waals surface area contributed by atoms with Crippen molar-refractivity contribution in [3.8, 4) is 0 Å². The van der Waals surface area contributed by atoms with E-state index in [9.17, 15) is 4.79 Å². The molecule has 1 heterocycles. The number of rotatable bonds is 0. The monoisotopic (exact) mass is 116 g/mol. The second-order valence-corrected chi connectivity index (χ2v) is 0.758. The summed E-state index contributed by atoms with van der Waals surface area (Å²) >= 11 is 0. The Balaban J connectivity index is 0.000000222. The SMILES string of the molecule is CC.O=c1[nH]cno1. The number of hydrogen-bond donors (Lipinski definition) is 1. The third kappa shape index (κ3) is 2.17. The van der Waals surface area contributed by atoms with Crippen LogP contribution in [0.15, 0.2) is 15.6 Å². The van der Waals surface area contributed by atoms with Crippen LogP contribution in [-0.2, 0) is 0 Å². The van der Waals surface area contributed by atoms with Crippen LogP contribution >= 0.6 is 0 Å². The van der Waals surface area contributed by atoms with Gasteiger partial charge >= 0.3 is 5.76 Å². The van der Waals surface area contributed by atoms with Gasteiger partial charge in [-0.05, 0) is 0 Å². The molecule has 0 aliphatic heterocycles. The molecule has 46 valence electrons. The highest BCUT2D eigenvalue weighted by Gasteiger charge is 1.74. The minimum Gasteiger partial charge on any atom is -0.296 e. The van der Waals surface area contributed by atoms with E-state index >= 15 is 0 Å². The van der Waals surface area contributed by atoms with E-state index < -0.39 is 5.76 Å². The highest BCUT2D eigenvalue weighted by atomic mass is 16.5. The van der Waals surface area contributed by atoms with Gasteiger partial charge in [0, 0.05) is 0 Å². The molecule has 0 atom stereocenters. The molecule has 0 aliphatic carbocycles. The minimum atomic E-state index is -0.519. The zero-order valence-electron chi connectivity index (χ0n) is 4.84. The Morgan fingerprint density at radius 2 is 2.38 bits per heavy atom. The van der Waals surface area contributed by atoms with E-state index in [0.717, 1.165) is 0 Å². The molecule has 0 radical (unpaired) electrons. The van der Waals surface area contributed by atoms with Crippen molar-refractivity contribution in [3.63, 3.8) is 0 Å². The Morgan fingerprint density at radius 1 is 1.75 bits per heavy atom. The minimum absolute atomic E-state index is 0.519. The maximum Gasteiger partial charge on any atom is 0.438 e. The van der Waals surface area contributed by atoms with Gasteiger partial charge in [0.15, 0.2) is 0 Å². The van der Waals surface area contributed by atoms with Crippen molar-refractivity contribution < 1.29 is 4.52 Å². The molecule has 0 bridgehead atoms. The molecule has 1 aromatic rings. The predicted molar refractivity (Wildman–Crippen MR) is 28.5 cm³/mol. The van der Waals surface area contributed by atoms with E-state index in [1.807, 2.05) is 13.8 Å². The molecule has 0 fully saturated rings. The fraction of sp³-hybridized carbons (Fsp3) is 0.500. The third-order valence-corrected chi connectivity index (χ3v) is 0.371. The third-order valence-electron chi connectivity index (χ3n) is 0.371. The summed E-state index contributed by atoms with van der Waals surface area (Å²) in [7, 11) is 0. The summed E-state index contributed by atoms with van der Waals surface area (Å²) in [6.45, 7) is 4.00. The number of nitrogens with zero attached hydrogens (tertiary/aromatic N) is 1. The zero-order valence-corrected chi connectivity index (χ0v) is 4.84. The van der Waals surface area contributed by atoms with Crippen LogP contribution < -0.4 is 5.76 Å². The first-order valence-electron chi connectivity index (χ1n) is 2.39. The molecule has 8 heavy (non-hydrogen) atoms. The molecule has 0 saturated carbocycles. The average Bonchev–Trinajstić information content (AvgIpc) is 2.24. The largest absolute Gasteiger partial charge is 0.438 e.